The summed E-state index contributed by atoms with van der Waals surface area (Å²) in [6.45, 7) is 3.96. The highest BCUT2D eigenvalue weighted by Gasteiger charge is 2.22. The maximum absolute atomic E-state index is 12.5. The second-order valence-electron chi connectivity index (χ2n) is 8.13. The second kappa shape index (κ2) is 11.3. The normalized spacial score (nSPS) is 11.7. The molecule has 1 amide bonds. The third-order valence-electron chi connectivity index (χ3n) is 5.43. The molecule has 1 N–H and O–H groups in total. The number of ether oxygens (including phenoxy) is 1. The van der Waals surface area contributed by atoms with Crippen LogP contribution in [0.4, 0.5) is 0 Å². The molecular formula is C24H30N4O5S. The molecule has 0 radical (unpaired) electrons. The molecule has 0 fully saturated rings. The van der Waals surface area contributed by atoms with Crippen molar-refractivity contribution >= 4 is 15.9 Å². The van der Waals surface area contributed by atoms with Gasteiger partial charge in [0.15, 0.2) is 0 Å². The van der Waals surface area contributed by atoms with E-state index >= 15 is 0 Å². The van der Waals surface area contributed by atoms with Gasteiger partial charge in [-0.3, -0.25) is 4.79 Å². The molecule has 0 atom stereocenters. The van der Waals surface area contributed by atoms with Crippen molar-refractivity contribution in [1.29, 1.82) is 0 Å². The number of nitrogens with zero attached hydrogens (tertiary/aromatic N) is 3. The van der Waals surface area contributed by atoms with Crippen molar-refractivity contribution in [2.75, 3.05) is 14.2 Å². The van der Waals surface area contributed by atoms with E-state index in [4.69, 9.17) is 9.26 Å². The van der Waals surface area contributed by atoms with E-state index in [0.717, 1.165) is 16.9 Å². The number of benzene rings is 2. The number of aromatic nitrogens is 2. The number of carbonyl (C=O) groups excluding carboxylic acids is 1. The van der Waals surface area contributed by atoms with Gasteiger partial charge in [-0.05, 0) is 62.2 Å². The van der Waals surface area contributed by atoms with E-state index in [9.17, 15) is 13.2 Å². The molecular weight excluding hydrogens is 456 g/mol. The molecule has 0 bridgehead atoms. The van der Waals surface area contributed by atoms with E-state index < -0.39 is 10.0 Å². The van der Waals surface area contributed by atoms with Crippen LogP contribution in [0.15, 0.2) is 57.9 Å². The van der Waals surface area contributed by atoms with Gasteiger partial charge in [0.25, 0.3) is 0 Å². The van der Waals surface area contributed by atoms with Crippen LogP contribution in [0, 0.1) is 0 Å². The molecule has 0 unspecified atom stereocenters. The van der Waals surface area contributed by atoms with E-state index in [2.05, 4.69) is 15.5 Å². The summed E-state index contributed by atoms with van der Waals surface area (Å²) >= 11 is 0. The number of sulfonamides is 1. The van der Waals surface area contributed by atoms with E-state index in [1.165, 1.54) is 4.31 Å². The molecule has 3 rings (SSSR count). The van der Waals surface area contributed by atoms with Gasteiger partial charge in [0.05, 0.1) is 12.0 Å². The molecule has 0 saturated carbocycles. The highest BCUT2D eigenvalue weighted by Crippen LogP contribution is 2.20. The first-order chi connectivity index (χ1) is 16.2. The minimum Gasteiger partial charge on any atom is -0.497 e. The molecule has 34 heavy (non-hydrogen) atoms. The van der Waals surface area contributed by atoms with Gasteiger partial charge in [0.1, 0.15) is 5.75 Å². The van der Waals surface area contributed by atoms with Crippen molar-refractivity contribution in [3.63, 3.8) is 0 Å². The van der Waals surface area contributed by atoms with Crippen molar-refractivity contribution < 1.29 is 22.5 Å². The predicted molar refractivity (Wildman–Crippen MR) is 128 cm³/mol. The van der Waals surface area contributed by atoms with Gasteiger partial charge in [0.2, 0.25) is 27.6 Å². The van der Waals surface area contributed by atoms with Crippen LogP contribution in [-0.4, -0.2) is 49.0 Å². The van der Waals surface area contributed by atoms with Crippen LogP contribution in [0.25, 0.3) is 11.4 Å². The molecule has 0 aliphatic heterocycles. The van der Waals surface area contributed by atoms with Crippen LogP contribution in [0.5, 0.6) is 5.75 Å². The molecule has 2 aromatic carbocycles. The zero-order chi connectivity index (χ0) is 24.7. The van der Waals surface area contributed by atoms with Crippen LogP contribution in [0.1, 0.15) is 38.1 Å². The van der Waals surface area contributed by atoms with Gasteiger partial charge in [-0.15, -0.1) is 0 Å². The van der Waals surface area contributed by atoms with E-state index in [-0.39, 0.29) is 16.8 Å². The Kier molecular flexibility index (Phi) is 8.41. The van der Waals surface area contributed by atoms with E-state index in [1.54, 1.807) is 38.4 Å². The molecule has 0 aliphatic rings. The fourth-order valence-corrected chi connectivity index (χ4v) is 4.49. The van der Waals surface area contributed by atoms with Crippen LogP contribution in [0.2, 0.25) is 0 Å². The largest absolute Gasteiger partial charge is 0.497 e. The van der Waals surface area contributed by atoms with Crippen LogP contribution < -0.4 is 10.1 Å². The molecule has 0 saturated heterocycles. The number of nitrogens with one attached hydrogen (secondary N) is 1. The minimum absolute atomic E-state index is 0.105. The van der Waals surface area contributed by atoms with E-state index in [0.29, 0.717) is 37.5 Å². The third-order valence-corrected chi connectivity index (χ3v) is 7.48. The Balaban J connectivity index is 1.44. The Labute approximate surface area is 200 Å². The minimum atomic E-state index is -3.52. The maximum atomic E-state index is 12.5. The fraction of sp³-hybridized carbons (Fsp3) is 0.375. The summed E-state index contributed by atoms with van der Waals surface area (Å²) in [7, 11) is -0.361. The molecule has 9 nitrogen and oxygen atoms in total. The summed E-state index contributed by atoms with van der Waals surface area (Å²) in [5.74, 6) is 1.61. The zero-order valence-corrected chi connectivity index (χ0v) is 20.6. The number of aryl methyl sites for hydroxylation is 1. The smallest absolute Gasteiger partial charge is 0.243 e. The first-order valence-corrected chi connectivity index (χ1v) is 12.5. The highest BCUT2D eigenvalue weighted by molar-refractivity contribution is 7.89. The Morgan fingerprint density at radius 2 is 1.79 bits per heavy atom. The molecule has 1 aromatic heterocycles. The standard InChI is InChI=1S/C24H30N4O5S/c1-17(2)28(3)34(30,31)21-14-8-18(9-15-21)16-25-22(29)6-5-7-23-26-24(27-33-23)19-10-12-20(32-4)13-11-19/h8-15,17H,5-7,16H2,1-4H3,(H,25,29). The third kappa shape index (κ3) is 6.42. The molecule has 1 heterocycles. The first kappa shape index (κ1) is 25.4. The summed E-state index contributed by atoms with van der Waals surface area (Å²) in [6.07, 6.45) is 1.37. The Hall–Kier alpha value is -3.24. The number of hydrogen-bond donors (Lipinski definition) is 1. The van der Waals surface area contributed by atoms with Crippen molar-refractivity contribution in [1.82, 2.24) is 19.8 Å². The number of amides is 1. The van der Waals surface area contributed by atoms with Crippen molar-refractivity contribution in [2.45, 2.75) is 50.6 Å². The lowest BCUT2D eigenvalue weighted by atomic mass is 10.2. The van der Waals surface area contributed by atoms with Crippen molar-refractivity contribution in [3.05, 3.63) is 60.0 Å². The number of rotatable bonds is 11. The second-order valence-corrected chi connectivity index (χ2v) is 10.1. The first-order valence-electron chi connectivity index (χ1n) is 11.0. The Morgan fingerprint density at radius 3 is 2.41 bits per heavy atom. The monoisotopic (exact) mass is 486 g/mol. The summed E-state index contributed by atoms with van der Waals surface area (Å²) in [5, 5.41) is 6.84. The lowest BCUT2D eigenvalue weighted by Gasteiger charge is -2.21. The Bertz CT molecular complexity index is 1190. The number of carbonyl (C=O) groups is 1. The van der Waals surface area contributed by atoms with Crippen LogP contribution in [-0.2, 0) is 27.8 Å². The van der Waals surface area contributed by atoms with Crippen molar-refractivity contribution in [2.24, 2.45) is 0 Å². The fourth-order valence-electron chi connectivity index (χ4n) is 3.13. The molecule has 3 aromatic rings. The lowest BCUT2D eigenvalue weighted by molar-refractivity contribution is -0.121. The van der Waals surface area contributed by atoms with Crippen molar-refractivity contribution in [3.8, 4) is 17.1 Å². The van der Waals surface area contributed by atoms with Gasteiger partial charge in [-0.25, -0.2) is 8.42 Å². The summed E-state index contributed by atoms with van der Waals surface area (Å²) in [4.78, 5) is 16.8. The lowest BCUT2D eigenvalue weighted by Crippen LogP contribution is -2.33. The average molecular weight is 487 g/mol. The summed E-state index contributed by atoms with van der Waals surface area (Å²) in [5.41, 5.74) is 1.64. The molecule has 0 aliphatic carbocycles. The van der Waals surface area contributed by atoms with Crippen LogP contribution >= 0.6 is 0 Å². The molecule has 10 heteroatoms. The maximum Gasteiger partial charge on any atom is 0.243 e. The van der Waals surface area contributed by atoms with Gasteiger partial charge in [-0.1, -0.05) is 17.3 Å². The number of hydrogen-bond acceptors (Lipinski definition) is 7. The molecule has 182 valence electrons. The van der Waals surface area contributed by atoms with Gasteiger partial charge < -0.3 is 14.6 Å². The highest BCUT2D eigenvalue weighted by atomic mass is 32.2. The Morgan fingerprint density at radius 1 is 1.12 bits per heavy atom. The summed E-state index contributed by atoms with van der Waals surface area (Å²) < 4.78 is 36.8. The molecule has 0 spiro atoms. The van der Waals surface area contributed by atoms with E-state index in [1.807, 2.05) is 38.1 Å². The number of methoxy groups -OCH3 is 1. The van der Waals surface area contributed by atoms with Gasteiger partial charge in [0, 0.05) is 38.0 Å². The van der Waals surface area contributed by atoms with Gasteiger partial charge in [-0.2, -0.15) is 9.29 Å². The van der Waals surface area contributed by atoms with Gasteiger partial charge >= 0.3 is 0 Å². The zero-order valence-electron chi connectivity index (χ0n) is 19.8. The summed E-state index contributed by atoms with van der Waals surface area (Å²) in [6, 6.07) is 13.8. The quantitative estimate of drug-likeness (QED) is 0.442. The van der Waals surface area contributed by atoms with Crippen LogP contribution in [0.3, 0.4) is 0 Å². The SMILES string of the molecule is COc1ccc(-c2noc(CCCC(=O)NCc3ccc(S(=O)(=O)N(C)C(C)C)cc3)n2)cc1. The topological polar surface area (TPSA) is 115 Å². The average Bonchev–Trinajstić information content (AvgIpc) is 3.31. The predicted octanol–water partition coefficient (Wildman–Crippen LogP) is 3.41.